The molecule has 0 radical (unpaired) electrons. The van der Waals surface area contributed by atoms with Crippen LogP contribution in [0.5, 0.6) is 0 Å². The van der Waals surface area contributed by atoms with Crippen LogP contribution in [0.15, 0.2) is 0 Å². The average molecular weight is 462 g/mol. The normalized spacial score (nSPS) is 50.1. The van der Waals surface area contributed by atoms with Crippen molar-refractivity contribution in [2.45, 2.75) is 110 Å². The van der Waals surface area contributed by atoms with E-state index in [9.17, 15) is 20.1 Å². The first-order chi connectivity index (χ1) is 15.6. The lowest BCUT2D eigenvalue weighted by atomic mass is 9.43. The summed E-state index contributed by atoms with van der Waals surface area (Å²) in [5.74, 6) is 3.00. The quantitative estimate of drug-likeness (QED) is 0.483. The molecule has 0 heterocycles. The van der Waals surface area contributed by atoms with Crippen LogP contribution in [-0.4, -0.2) is 46.1 Å². The number of carbonyl (C=O) groups excluding carboxylic acids is 1. The molecular weight excluding hydrogens is 414 g/mol. The minimum atomic E-state index is -0.350. The van der Waals surface area contributed by atoms with E-state index in [1.165, 1.54) is 12.8 Å². The molecule has 5 nitrogen and oxygen atoms in total. The summed E-state index contributed by atoms with van der Waals surface area (Å²) in [5.41, 5.74) is -0.0573. The van der Waals surface area contributed by atoms with Crippen LogP contribution in [0, 0.1) is 52.3 Å². The van der Waals surface area contributed by atoms with Gasteiger partial charge < -0.3 is 20.6 Å². The van der Waals surface area contributed by atoms with Crippen LogP contribution in [0.1, 0.15) is 91.4 Å². The van der Waals surface area contributed by atoms with Crippen LogP contribution in [0.4, 0.5) is 0 Å². The maximum Gasteiger partial charge on any atom is 0.220 e. The molecule has 0 aromatic heterocycles. The number of aliphatic hydroxyl groups is 3. The molecule has 5 aliphatic carbocycles. The smallest absolute Gasteiger partial charge is 0.220 e. The van der Waals surface area contributed by atoms with Crippen molar-refractivity contribution < 1.29 is 20.1 Å². The predicted octanol–water partition coefficient (Wildman–Crippen LogP) is 3.89. The first-order valence-electron chi connectivity index (χ1n) is 14.0. The second kappa shape index (κ2) is 8.78. The first-order valence-corrected chi connectivity index (χ1v) is 14.0. The summed E-state index contributed by atoms with van der Waals surface area (Å²) in [7, 11) is 0. The molecule has 0 aromatic rings. The SMILES string of the molecule is C[C@H](CCC(=O)NCC1CC1)[C@H]1CC[C@H]2[C@@H]3[C@H](O)C[C@@H]4C[C@H](O)CC[C@]4(C)[C@H]3C[C@H](O)[C@]12C. The van der Waals surface area contributed by atoms with Crippen molar-refractivity contribution in [1.29, 1.82) is 0 Å². The van der Waals surface area contributed by atoms with Gasteiger partial charge in [0.15, 0.2) is 0 Å². The Kier molecular flexibility index (Phi) is 6.40. The standard InChI is InChI=1S/C28H47NO4/c1-16(4-9-25(33)29-15-17-5-6-17)20-7-8-21-26-22(14-24(32)28(20,21)3)27(2)11-10-19(30)12-18(27)13-23(26)31/h16-24,26,30-32H,4-15H2,1-3H3,(H,29,33)/t16-,18+,19-,20-,21+,22+,23-,24+,26+,27+,28-/m1/s1. The summed E-state index contributed by atoms with van der Waals surface area (Å²) >= 11 is 0. The average Bonchev–Trinajstić information content (AvgIpc) is 3.53. The highest BCUT2D eigenvalue weighted by Crippen LogP contribution is 2.68. The molecule has 11 atom stereocenters. The highest BCUT2D eigenvalue weighted by Gasteiger charge is 2.65. The van der Waals surface area contributed by atoms with Crippen LogP contribution in [0.3, 0.4) is 0 Å². The number of hydrogen-bond acceptors (Lipinski definition) is 4. The number of aliphatic hydroxyl groups excluding tert-OH is 3. The highest BCUT2D eigenvalue weighted by atomic mass is 16.3. The van der Waals surface area contributed by atoms with Gasteiger partial charge in [0.1, 0.15) is 0 Å². The molecule has 1 amide bonds. The van der Waals surface area contributed by atoms with E-state index in [4.69, 9.17) is 0 Å². The van der Waals surface area contributed by atoms with Gasteiger partial charge in [-0.3, -0.25) is 4.79 Å². The van der Waals surface area contributed by atoms with Gasteiger partial charge in [-0.25, -0.2) is 0 Å². The van der Waals surface area contributed by atoms with Crippen molar-refractivity contribution >= 4 is 5.91 Å². The van der Waals surface area contributed by atoms with E-state index in [0.29, 0.717) is 41.9 Å². The largest absolute Gasteiger partial charge is 0.393 e. The van der Waals surface area contributed by atoms with Crippen molar-refractivity contribution in [3.8, 4) is 0 Å². The Morgan fingerprint density at radius 3 is 2.48 bits per heavy atom. The predicted molar refractivity (Wildman–Crippen MR) is 128 cm³/mol. The lowest BCUT2D eigenvalue weighted by molar-refractivity contribution is -0.207. The van der Waals surface area contributed by atoms with Crippen LogP contribution >= 0.6 is 0 Å². The second-order valence-corrected chi connectivity index (χ2v) is 13.3. The molecule has 0 bridgehead atoms. The van der Waals surface area contributed by atoms with E-state index in [0.717, 1.165) is 57.9 Å². The fraction of sp³-hybridized carbons (Fsp3) is 0.964. The Bertz CT molecular complexity index is 739. The van der Waals surface area contributed by atoms with Crippen LogP contribution in [0.2, 0.25) is 0 Å². The number of fused-ring (bicyclic) bond motifs is 5. The Morgan fingerprint density at radius 2 is 1.76 bits per heavy atom. The third-order valence-corrected chi connectivity index (χ3v) is 11.6. The Morgan fingerprint density at radius 1 is 1.00 bits per heavy atom. The fourth-order valence-corrected chi connectivity index (χ4v) is 9.36. The number of rotatable bonds is 6. The first kappa shape index (κ1) is 24.1. The number of carbonyl (C=O) groups is 1. The van der Waals surface area contributed by atoms with Crippen molar-refractivity contribution in [2.24, 2.45) is 52.3 Å². The second-order valence-electron chi connectivity index (χ2n) is 13.3. The molecule has 5 aliphatic rings. The minimum absolute atomic E-state index is 0.120. The zero-order valence-electron chi connectivity index (χ0n) is 21.0. The lowest BCUT2D eigenvalue weighted by Gasteiger charge is -2.63. The molecule has 188 valence electrons. The summed E-state index contributed by atoms with van der Waals surface area (Å²) in [6.45, 7) is 7.80. The van der Waals surface area contributed by atoms with E-state index < -0.39 is 0 Å². The Labute approximate surface area is 200 Å². The molecule has 33 heavy (non-hydrogen) atoms. The van der Waals surface area contributed by atoms with Gasteiger partial charge >= 0.3 is 0 Å². The van der Waals surface area contributed by atoms with E-state index in [1.807, 2.05) is 0 Å². The number of nitrogens with one attached hydrogen (secondary N) is 1. The Balaban J connectivity index is 1.29. The number of hydrogen-bond donors (Lipinski definition) is 4. The summed E-state index contributed by atoms with van der Waals surface area (Å²) in [4.78, 5) is 12.3. The highest BCUT2D eigenvalue weighted by molar-refractivity contribution is 5.75. The van der Waals surface area contributed by atoms with Gasteiger partial charge in [0, 0.05) is 13.0 Å². The molecule has 5 saturated carbocycles. The molecule has 0 spiro atoms. The van der Waals surface area contributed by atoms with Gasteiger partial charge in [0.05, 0.1) is 18.3 Å². The third kappa shape index (κ3) is 4.08. The van der Waals surface area contributed by atoms with Crippen molar-refractivity contribution in [3.05, 3.63) is 0 Å². The third-order valence-electron chi connectivity index (χ3n) is 11.6. The van der Waals surface area contributed by atoms with Gasteiger partial charge in [-0.05, 0) is 116 Å². The van der Waals surface area contributed by atoms with E-state index in [2.05, 4.69) is 26.1 Å². The summed E-state index contributed by atoms with van der Waals surface area (Å²) in [6.07, 6.45) is 9.50. The zero-order valence-corrected chi connectivity index (χ0v) is 21.0. The van der Waals surface area contributed by atoms with Crippen molar-refractivity contribution in [1.82, 2.24) is 5.32 Å². The van der Waals surface area contributed by atoms with Gasteiger partial charge in [-0.2, -0.15) is 0 Å². The summed E-state index contributed by atoms with van der Waals surface area (Å²) in [6, 6.07) is 0. The fourth-order valence-electron chi connectivity index (χ4n) is 9.36. The lowest BCUT2D eigenvalue weighted by Crippen LogP contribution is -2.62. The van der Waals surface area contributed by atoms with Crippen LogP contribution < -0.4 is 5.32 Å². The molecule has 4 N–H and O–H groups in total. The van der Waals surface area contributed by atoms with Gasteiger partial charge in [-0.1, -0.05) is 20.8 Å². The summed E-state index contributed by atoms with van der Waals surface area (Å²) in [5, 5.41) is 36.4. The molecular formula is C28H47NO4. The topological polar surface area (TPSA) is 89.8 Å². The maximum atomic E-state index is 12.3. The number of amides is 1. The monoisotopic (exact) mass is 461 g/mol. The molecule has 5 rings (SSSR count). The van der Waals surface area contributed by atoms with Gasteiger partial charge in [0.2, 0.25) is 5.91 Å². The van der Waals surface area contributed by atoms with Crippen molar-refractivity contribution in [3.63, 3.8) is 0 Å². The molecule has 5 heteroatoms. The van der Waals surface area contributed by atoms with Crippen LogP contribution in [-0.2, 0) is 4.79 Å². The van der Waals surface area contributed by atoms with Crippen molar-refractivity contribution in [2.75, 3.05) is 6.54 Å². The minimum Gasteiger partial charge on any atom is -0.393 e. The van der Waals surface area contributed by atoms with Gasteiger partial charge in [-0.15, -0.1) is 0 Å². The molecule has 5 fully saturated rings. The van der Waals surface area contributed by atoms with E-state index >= 15 is 0 Å². The van der Waals surface area contributed by atoms with Crippen LogP contribution in [0.25, 0.3) is 0 Å². The Hall–Kier alpha value is -0.650. The zero-order chi connectivity index (χ0) is 23.5. The van der Waals surface area contributed by atoms with E-state index in [-0.39, 0.29) is 41.0 Å². The van der Waals surface area contributed by atoms with Gasteiger partial charge in [0.25, 0.3) is 0 Å². The molecule has 0 aliphatic heterocycles. The maximum absolute atomic E-state index is 12.3. The molecule has 0 aromatic carbocycles. The van der Waals surface area contributed by atoms with E-state index in [1.54, 1.807) is 0 Å². The molecule has 0 unspecified atom stereocenters. The summed E-state index contributed by atoms with van der Waals surface area (Å²) < 4.78 is 0. The molecule has 0 saturated heterocycles.